The van der Waals surface area contributed by atoms with Crippen molar-refractivity contribution in [2.75, 3.05) is 53.0 Å². The first-order valence-corrected chi connectivity index (χ1v) is 6.63. The molecular formula is C12H22F3N3O2. The Bertz CT molecular complexity index is 305. The van der Waals surface area contributed by atoms with Crippen molar-refractivity contribution in [3.63, 3.8) is 0 Å². The molecule has 0 aromatic rings. The van der Waals surface area contributed by atoms with Crippen molar-refractivity contribution in [1.29, 1.82) is 0 Å². The maximum Gasteiger partial charge on any atom is 0.405 e. The number of nitrogens with zero attached hydrogens (tertiary/aromatic N) is 2. The summed E-state index contributed by atoms with van der Waals surface area (Å²) >= 11 is 0. The average Bonchev–Trinajstić information content (AvgIpc) is 2.41. The van der Waals surface area contributed by atoms with Gasteiger partial charge in [-0.05, 0) is 6.92 Å². The summed E-state index contributed by atoms with van der Waals surface area (Å²) in [4.78, 5) is 15.8. The zero-order chi connectivity index (χ0) is 15.2. The second-order valence-electron chi connectivity index (χ2n) is 4.88. The molecule has 0 saturated carbocycles. The van der Waals surface area contributed by atoms with E-state index < -0.39 is 24.7 Å². The van der Waals surface area contributed by atoms with E-state index >= 15 is 0 Å². The van der Waals surface area contributed by atoms with Crippen molar-refractivity contribution < 1.29 is 22.7 Å². The SMILES string of the molecule is COCCN1CCN([C@H](C)C(=O)NCC(F)(F)F)CC1. The van der Waals surface area contributed by atoms with Crippen LogP contribution in [0.15, 0.2) is 0 Å². The number of rotatable bonds is 6. The zero-order valence-corrected chi connectivity index (χ0v) is 11.9. The summed E-state index contributed by atoms with van der Waals surface area (Å²) in [5.41, 5.74) is 0. The zero-order valence-electron chi connectivity index (χ0n) is 11.9. The Balaban J connectivity index is 2.31. The van der Waals surface area contributed by atoms with Gasteiger partial charge in [0, 0.05) is 39.8 Å². The number of ether oxygens (including phenoxy) is 1. The van der Waals surface area contributed by atoms with Gasteiger partial charge in [-0.2, -0.15) is 13.2 Å². The molecule has 5 nitrogen and oxygen atoms in total. The molecule has 0 spiro atoms. The molecule has 1 amide bonds. The number of alkyl halides is 3. The summed E-state index contributed by atoms with van der Waals surface area (Å²) in [7, 11) is 1.64. The fourth-order valence-corrected chi connectivity index (χ4v) is 2.10. The van der Waals surface area contributed by atoms with Crippen molar-refractivity contribution in [1.82, 2.24) is 15.1 Å². The van der Waals surface area contributed by atoms with E-state index in [0.29, 0.717) is 19.7 Å². The van der Waals surface area contributed by atoms with Crippen molar-refractivity contribution in [2.45, 2.75) is 19.1 Å². The Morgan fingerprint density at radius 2 is 1.90 bits per heavy atom. The van der Waals surface area contributed by atoms with Crippen molar-refractivity contribution in [3.05, 3.63) is 0 Å². The third-order valence-electron chi connectivity index (χ3n) is 3.41. The van der Waals surface area contributed by atoms with Gasteiger partial charge >= 0.3 is 6.18 Å². The molecule has 1 atom stereocenters. The van der Waals surface area contributed by atoms with Crippen LogP contribution in [0, 0.1) is 0 Å². The standard InChI is InChI=1S/C12H22F3N3O2/c1-10(11(19)16-9-12(13,14)15)18-5-3-17(4-6-18)7-8-20-2/h10H,3-9H2,1-2H3,(H,16,19)/t10-/m1/s1. The van der Waals surface area contributed by atoms with Crippen LogP contribution in [-0.2, 0) is 9.53 Å². The summed E-state index contributed by atoms with van der Waals surface area (Å²) in [6.07, 6.45) is -4.37. The van der Waals surface area contributed by atoms with Gasteiger partial charge in [0.15, 0.2) is 0 Å². The molecule has 8 heteroatoms. The van der Waals surface area contributed by atoms with E-state index in [-0.39, 0.29) is 0 Å². The van der Waals surface area contributed by atoms with Crippen molar-refractivity contribution in [3.8, 4) is 0 Å². The van der Waals surface area contributed by atoms with Crippen LogP contribution in [0.3, 0.4) is 0 Å². The Morgan fingerprint density at radius 3 is 2.40 bits per heavy atom. The number of hydrogen-bond donors (Lipinski definition) is 1. The number of nitrogens with one attached hydrogen (secondary N) is 1. The van der Waals surface area contributed by atoms with Crippen LogP contribution in [-0.4, -0.2) is 80.9 Å². The lowest BCUT2D eigenvalue weighted by Gasteiger charge is -2.37. The molecule has 118 valence electrons. The van der Waals surface area contributed by atoms with E-state index in [1.54, 1.807) is 14.0 Å². The highest BCUT2D eigenvalue weighted by molar-refractivity contribution is 5.81. The summed E-state index contributed by atoms with van der Waals surface area (Å²) < 4.78 is 41.1. The first-order chi connectivity index (χ1) is 9.33. The lowest BCUT2D eigenvalue weighted by atomic mass is 10.2. The molecule has 1 rings (SSSR count). The second-order valence-corrected chi connectivity index (χ2v) is 4.88. The van der Waals surface area contributed by atoms with E-state index in [1.807, 2.05) is 10.2 Å². The first kappa shape index (κ1) is 17.2. The van der Waals surface area contributed by atoms with Crippen LogP contribution >= 0.6 is 0 Å². The molecule has 1 aliphatic heterocycles. The van der Waals surface area contributed by atoms with Gasteiger partial charge in [0.2, 0.25) is 5.91 Å². The van der Waals surface area contributed by atoms with Crippen LogP contribution in [0.25, 0.3) is 0 Å². The van der Waals surface area contributed by atoms with E-state index in [2.05, 4.69) is 4.90 Å². The Morgan fingerprint density at radius 1 is 1.30 bits per heavy atom. The van der Waals surface area contributed by atoms with Crippen molar-refractivity contribution >= 4 is 5.91 Å². The normalized spacial score (nSPS) is 19.9. The van der Waals surface area contributed by atoms with E-state index in [0.717, 1.165) is 19.6 Å². The van der Waals surface area contributed by atoms with Gasteiger partial charge in [-0.1, -0.05) is 0 Å². The Kier molecular flexibility index (Phi) is 6.70. The quantitative estimate of drug-likeness (QED) is 0.767. The molecule has 0 radical (unpaired) electrons. The third kappa shape index (κ3) is 6.06. The maximum atomic E-state index is 12.0. The van der Waals surface area contributed by atoms with Crippen LogP contribution in [0.5, 0.6) is 0 Å². The fourth-order valence-electron chi connectivity index (χ4n) is 2.10. The molecule has 1 aliphatic rings. The largest absolute Gasteiger partial charge is 0.405 e. The summed E-state index contributed by atoms with van der Waals surface area (Å²) in [5, 5.41) is 1.93. The number of hydrogen-bond acceptors (Lipinski definition) is 4. The average molecular weight is 297 g/mol. The predicted molar refractivity (Wildman–Crippen MR) is 68.4 cm³/mol. The Hall–Kier alpha value is -0.860. The number of carbonyl (C=O) groups excluding carboxylic acids is 1. The molecule has 0 aromatic carbocycles. The molecule has 1 fully saturated rings. The highest BCUT2D eigenvalue weighted by Gasteiger charge is 2.30. The lowest BCUT2D eigenvalue weighted by Crippen LogP contribution is -2.54. The van der Waals surface area contributed by atoms with Crippen LogP contribution in [0.2, 0.25) is 0 Å². The second kappa shape index (κ2) is 7.80. The van der Waals surface area contributed by atoms with Gasteiger partial charge in [0.05, 0.1) is 12.6 Å². The molecule has 1 heterocycles. The highest BCUT2D eigenvalue weighted by Crippen LogP contribution is 2.13. The number of methoxy groups -OCH3 is 1. The van der Waals surface area contributed by atoms with E-state index in [4.69, 9.17) is 4.74 Å². The smallest absolute Gasteiger partial charge is 0.383 e. The molecule has 1 N–H and O–H groups in total. The molecular weight excluding hydrogens is 275 g/mol. The summed E-state index contributed by atoms with van der Waals surface area (Å²) in [6.45, 7) is 4.77. The van der Waals surface area contributed by atoms with Crippen LogP contribution in [0.4, 0.5) is 13.2 Å². The predicted octanol–water partition coefficient (Wildman–Crippen LogP) is 0.317. The minimum atomic E-state index is -4.37. The van der Waals surface area contributed by atoms with Gasteiger partial charge in [-0.25, -0.2) is 0 Å². The van der Waals surface area contributed by atoms with Crippen LogP contribution < -0.4 is 5.32 Å². The number of halogens is 3. The monoisotopic (exact) mass is 297 g/mol. The molecule has 0 bridgehead atoms. The van der Waals surface area contributed by atoms with Gasteiger partial charge < -0.3 is 10.1 Å². The topological polar surface area (TPSA) is 44.8 Å². The number of piperazine rings is 1. The van der Waals surface area contributed by atoms with Crippen LogP contribution in [0.1, 0.15) is 6.92 Å². The molecule has 1 saturated heterocycles. The summed E-state index contributed by atoms with van der Waals surface area (Å²) in [5.74, 6) is -0.576. The van der Waals surface area contributed by atoms with Gasteiger partial charge in [-0.15, -0.1) is 0 Å². The van der Waals surface area contributed by atoms with E-state index in [9.17, 15) is 18.0 Å². The Labute approximate surface area is 117 Å². The number of amides is 1. The maximum absolute atomic E-state index is 12.0. The van der Waals surface area contributed by atoms with E-state index in [1.165, 1.54) is 0 Å². The molecule has 0 aliphatic carbocycles. The summed E-state index contributed by atoms with van der Waals surface area (Å²) in [6, 6.07) is -0.540. The highest BCUT2D eigenvalue weighted by atomic mass is 19.4. The van der Waals surface area contributed by atoms with Gasteiger partial charge in [-0.3, -0.25) is 14.6 Å². The van der Waals surface area contributed by atoms with Gasteiger partial charge in [0.1, 0.15) is 6.54 Å². The number of carbonyl (C=O) groups is 1. The lowest BCUT2D eigenvalue weighted by molar-refractivity contribution is -0.141. The first-order valence-electron chi connectivity index (χ1n) is 6.63. The minimum absolute atomic E-state index is 0.540. The molecule has 0 aromatic heterocycles. The van der Waals surface area contributed by atoms with Gasteiger partial charge in [0.25, 0.3) is 0 Å². The fraction of sp³-hybridized carbons (Fsp3) is 0.917. The third-order valence-corrected chi connectivity index (χ3v) is 3.41. The molecule has 20 heavy (non-hydrogen) atoms. The minimum Gasteiger partial charge on any atom is -0.383 e. The van der Waals surface area contributed by atoms with Crippen molar-refractivity contribution in [2.24, 2.45) is 0 Å². The molecule has 0 unspecified atom stereocenters.